The molecule has 136 valence electrons. The van der Waals surface area contributed by atoms with Crippen molar-refractivity contribution in [3.05, 3.63) is 65.7 Å². The standard InChI is InChI=1S/C20H21N7/c1-2-3-8-18-21-19(23-22-18)13-14-9-11-15(12-10-14)16-6-4-5-7-17(16)20-24-26-27-25-20/h4-7,9-12H,2-3,8,13H2,1H3,(H,21,22,23)(H,24,25,26,27). The van der Waals surface area contributed by atoms with Crippen LogP contribution in [0.15, 0.2) is 48.5 Å². The van der Waals surface area contributed by atoms with Gasteiger partial charge in [-0.1, -0.05) is 61.9 Å². The van der Waals surface area contributed by atoms with E-state index in [4.69, 9.17) is 0 Å². The van der Waals surface area contributed by atoms with Crippen LogP contribution in [-0.4, -0.2) is 35.8 Å². The highest BCUT2D eigenvalue weighted by Crippen LogP contribution is 2.29. The zero-order valence-corrected chi connectivity index (χ0v) is 15.2. The molecule has 7 heteroatoms. The van der Waals surface area contributed by atoms with Crippen molar-refractivity contribution in [3.8, 4) is 22.5 Å². The van der Waals surface area contributed by atoms with E-state index in [1.807, 2.05) is 18.2 Å². The highest BCUT2D eigenvalue weighted by molar-refractivity contribution is 5.80. The van der Waals surface area contributed by atoms with E-state index in [0.717, 1.165) is 54.0 Å². The van der Waals surface area contributed by atoms with E-state index in [1.54, 1.807) is 0 Å². The maximum Gasteiger partial charge on any atom is 0.205 e. The molecule has 0 saturated carbocycles. The molecule has 0 radical (unpaired) electrons. The van der Waals surface area contributed by atoms with Gasteiger partial charge in [-0.3, -0.25) is 5.10 Å². The van der Waals surface area contributed by atoms with Crippen molar-refractivity contribution in [2.45, 2.75) is 32.6 Å². The molecule has 0 amide bonds. The average Bonchev–Trinajstić information content (AvgIpc) is 3.39. The normalized spacial score (nSPS) is 11.0. The fourth-order valence-corrected chi connectivity index (χ4v) is 3.06. The Hall–Kier alpha value is -3.35. The SMILES string of the molecule is CCCCc1n[nH]c(Cc2ccc(-c3ccccc3-c3nn[nH]n3)cc2)n1. The van der Waals surface area contributed by atoms with Gasteiger partial charge in [0.2, 0.25) is 5.82 Å². The van der Waals surface area contributed by atoms with Crippen LogP contribution in [0.5, 0.6) is 0 Å². The summed E-state index contributed by atoms with van der Waals surface area (Å²) in [5.41, 5.74) is 4.33. The third kappa shape index (κ3) is 3.92. The third-order valence-electron chi connectivity index (χ3n) is 4.48. The molecular weight excluding hydrogens is 338 g/mol. The van der Waals surface area contributed by atoms with Crippen molar-refractivity contribution in [2.75, 3.05) is 0 Å². The number of tetrazole rings is 1. The van der Waals surface area contributed by atoms with Gasteiger partial charge in [0.1, 0.15) is 5.82 Å². The zero-order valence-electron chi connectivity index (χ0n) is 15.2. The van der Waals surface area contributed by atoms with Gasteiger partial charge in [0.25, 0.3) is 0 Å². The molecule has 0 spiro atoms. The van der Waals surface area contributed by atoms with E-state index in [1.165, 1.54) is 5.56 Å². The molecule has 27 heavy (non-hydrogen) atoms. The Morgan fingerprint density at radius 1 is 0.926 bits per heavy atom. The van der Waals surface area contributed by atoms with E-state index in [-0.39, 0.29) is 0 Å². The van der Waals surface area contributed by atoms with Gasteiger partial charge in [-0.2, -0.15) is 10.3 Å². The first-order valence-corrected chi connectivity index (χ1v) is 9.16. The van der Waals surface area contributed by atoms with Gasteiger partial charge in [0, 0.05) is 18.4 Å². The highest BCUT2D eigenvalue weighted by atomic mass is 15.5. The monoisotopic (exact) mass is 359 g/mol. The van der Waals surface area contributed by atoms with Crippen LogP contribution in [0.1, 0.15) is 37.0 Å². The first-order valence-electron chi connectivity index (χ1n) is 9.16. The molecule has 2 aromatic carbocycles. The number of rotatable bonds is 7. The van der Waals surface area contributed by atoms with Crippen molar-refractivity contribution in [1.29, 1.82) is 0 Å². The van der Waals surface area contributed by atoms with Gasteiger partial charge in [0.05, 0.1) is 0 Å². The second kappa shape index (κ2) is 7.90. The lowest BCUT2D eigenvalue weighted by Gasteiger charge is -2.07. The van der Waals surface area contributed by atoms with Gasteiger partial charge in [0.15, 0.2) is 5.82 Å². The van der Waals surface area contributed by atoms with Gasteiger partial charge in [-0.05, 0) is 28.3 Å². The number of nitrogens with one attached hydrogen (secondary N) is 2. The molecule has 2 N–H and O–H groups in total. The Balaban J connectivity index is 1.52. The van der Waals surface area contributed by atoms with Gasteiger partial charge in [-0.25, -0.2) is 4.98 Å². The molecule has 7 nitrogen and oxygen atoms in total. The van der Waals surface area contributed by atoms with Crippen LogP contribution < -0.4 is 0 Å². The van der Waals surface area contributed by atoms with E-state index in [9.17, 15) is 0 Å². The van der Waals surface area contributed by atoms with Crippen LogP contribution in [-0.2, 0) is 12.8 Å². The van der Waals surface area contributed by atoms with Crippen LogP contribution in [0.25, 0.3) is 22.5 Å². The molecule has 4 aromatic rings. The van der Waals surface area contributed by atoms with E-state index in [0.29, 0.717) is 5.82 Å². The summed E-state index contributed by atoms with van der Waals surface area (Å²) in [4.78, 5) is 4.58. The Morgan fingerprint density at radius 3 is 2.48 bits per heavy atom. The fourth-order valence-electron chi connectivity index (χ4n) is 3.06. The first-order chi connectivity index (χ1) is 13.3. The van der Waals surface area contributed by atoms with E-state index >= 15 is 0 Å². The number of unbranched alkanes of at least 4 members (excludes halogenated alkanes) is 1. The smallest absolute Gasteiger partial charge is 0.205 e. The van der Waals surface area contributed by atoms with Crippen LogP contribution in [0.2, 0.25) is 0 Å². The summed E-state index contributed by atoms with van der Waals surface area (Å²) in [5.74, 6) is 2.40. The topological polar surface area (TPSA) is 96.0 Å². The summed E-state index contributed by atoms with van der Waals surface area (Å²) in [5, 5.41) is 21.7. The largest absolute Gasteiger partial charge is 0.263 e. The van der Waals surface area contributed by atoms with Crippen LogP contribution in [0.3, 0.4) is 0 Å². The summed E-state index contributed by atoms with van der Waals surface area (Å²) in [6, 6.07) is 16.5. The van der Waals surface area contributed by atoms with Gasteiger partial charge in [-0.15, -0.1) is 10.2 Å². The van der Waals surface area contributed by atoms with Crippen molar-refractivity contribution in [3.63, 3.8) is 0 Å². The van der Waals surface area contributed by atoms with Crippen molar-refractivity contribution in [2.24, 2.45) is 0 Å². The van der Waals surface area contributed by atoms with Gasteiger partial charge < -0.3 is 0 Å². The molecule has 0 saturated heterocycles. The molecule has 0 aliphatic carbocycles. The maximum absolute atomic E-state index is 4.58. The number of aromatic nitrogens is 7. The van der Waals surface area contributed by atoms with Crippen LogP contribution in [0, 0.1) is 0 Å². The Bertz CT molecular complexity index is 987. The Labute approximate surface area is 157 Å². The highest BCUT2D eigenvalue weighted by Gasteiger charge is 2.11. The van der Waals surface area contributed by atoms with Crippen LogP contribution in [0.4, 0.5) is 0 Å². The lowest BCUT2D eigenvalue weighted by atomic mass is 9.98. The average molecular weight is 359 g/mol. The zero-order chi connectivity index (χ0) is 18.5. The van der Waals surface area contributed by atoms with E-state index in [2.05, 4.69) is 73.1 Å². The second-order valence-electron chi connectivity index (χ2n) is 6.46. The quantitative estimate of drug-likeness (QED) is 0.526. The summed E-state index contributed by atoms with van der Waals surface area (Å²) >= 11 is 0. The third-order valence-corrected chi connectivity index (χ3v) is 4.48. The van der Waals surface area contributed by atoms with Crippen molar-refractivity contribution < 1.29 is 0 Å². The second-order valence-corrected chi connectivity index (χ2v) is 6.46. The first kappa shape index (κ1) is 17.1. The predicted molar refractivity (Wildman–Crippen MR) is 103 cm³/mol. The predicted octanol–water partition coefficient (Wildman–Crippen LogP) is 3.59. The molecule has 0 unspecified atom stereocenters. The lowest BCUT2D eigenvalue weighted by molar-refractivity contribution is 0.755. The number of aromatic amines is 2. The van der Waals surface area contributed by atoms with E-state index < -0.39 is 0 Å². The summed E-state index contributed by atoms with van der Waals surface area (Å²) in [6.07, 6.45) is 3.94. The summed E-state index contributed by atoms with van der Waals surface area (Å²) in [7, 11) is 0. The molecule has 0 aliphatic heterocycles. The number of benzene rings is 2. The molecule has 0 atom stereocenters. The van der Waals surface area contributed by atoms with Crippen molar-refractivity contribution in [1.82, 2.24) is 35.8 Å². The summed E-state index contributed by atoms with van der Waals surface area (Å²) in [6.45, 7) is 2.17. The number of hydrogen-bond acceptors (Lipinski definition) is 5. The number of aryl methyl sites for hydroxylation is 1. The number of hydrogen-bond donors (Lipinski definition) is 2. The molecule has 0 bridgehead atoms. The Kier molecular flexibility index (Phi) is 5.00. The lowest BCUT2D eigenvalue weighted by Crippen LogP contribution is -1.92. The molecule has 0 fully saturated rings. The summed E-state index contributed by atoms with van der Waals surface area (Å²) < 4.78 is 0. The maximum atomic E-state index is 4.58. The van der Waals surface area contributed by atoms with Crippen molar-refractivity contribution >= 4 is 0 Å². The minimum Gasteiger partial charge on any atom is -0.263 e. The number of nitrogens with zero attached hydrogens (tertiary/aromatic N) is 5. The van der Waals surface area contributed by atoms with Crippen LogP contribution >= 0.6 is 0 Å². The minimum atomic E-state index is 0.593. The molecule has 2 aromatic heterocycles. The Morgan fingerprint density at radius 2 is 1.74 bits per heavy atom. The number of H-pyrrole nitrogens is 2. The molecule has 0 aliphatic rings. The fraction of sp³-hybridized carbons (Fsp3) is 0.250. The van der Waals surface area contributed by atoms with Gasteiger partial charge >= 0.3 is 0 Å². The molecular formula is C20H21N7. The minimum absolute atomic E-state index is 0.593. The molecule has 2 heterocycles. The molecule has 4 rings (SSSR count).